The van der Waals surface area contributed by atoms with Gasteiger partial charge in [-0.3, -0.25) is 0 Å². The largest absolute Gasteiger partial charge is 0.445 e. The molecule has 16 heavy (non-hydrogen) atoms. The predicted octanol–water partition coefficient (Wildman–Crippen LogP) is -0.631. The van der Waals surface area contributed by atoms with Crippen LogP contribution in [0.1, 0.15) is 5.56 Å². The average molecular weight is 228 g/mol. The molecule has 0 aliphatic carbocycles. The van der Waals surface area contributed by atoms with Gasteiger partial charge in [-0.25, -0.2) is 4.79 Å². The van der Waals surface area contributed by atoms with Gasteiger partial charge in [-0.2, -0.15) is 11.8 Å². The third-order valence-corrected chi connectivity index (χ3v) is 1.82. The number of amides is 1. The number of rotatable bonds is 4. The Morgan fingerprint density at radius 1 is 1.19 bits per heavy atom. The number of nitrogens with two attached hydrogens (primary N) is 4. The monoisotopic (exact) mass is 228 g/mol. The quantitative estimate of drug-likeness (QED) is 0.395. The molecule has 0 atom stereocenters. The maximum absolute atomic E-state index is 10.4. The van der Waals surface area contributed by atoms with E-state index in [1.165, 1.54) is 12.1 Å². The molecule has 0 fully saturated rings. The number of ether oxygens (including phenoxy) is 1. The predicted molar refractivity (Wildman–Crippen MR) is 54.9 cm³/mol. The van der Waals surface area contributed by atoms with Gasteiger partial charge in [-0.15, -0.1) is 0 Å². The second-order valence-corrected chi connectivity index (χ2v) is 2.84. The van der Waals surface area contributed by atoms with Crippen LogP contribution in [0.5, 0.6) is 11.5 Å². The number of hydrogen-bond donors (Lipinski definition) is 4. The molecule has 0 spiro atoms. The average Bonchev–Trinajstić information content (AvgIpc) is 2.26. The molecule has 0 saturated heterocycles. The number of carbonyl (C=O) groups is 1. The smallest absolute Gasteiger partial charge is 0.404 e. The first-order valence-electron chi connectivity index (χ1n) is 4.16. The van der Waals surface area contributed by atoms with Gasteiger partial charge in [0.2, 0.25) is 0 Å². The van der Waals surface area contributed by atoms with Gasteiger partial charge in [-0.05, 0) is 6.07 Å². The summed E-state index contributed by atoms with van der Waals surface area (Å²) in [5.41, 5.74) is 11.0. The zero-order chi connectivity index (χ0) is 12.1. The van der Waals surface area contributed by atoms with Gasteiger partial charge in [-0.1, -0.05) is 0 Å². The van der Waals surface area contributed by atoms with Crippen LogP contribution < -0.4 is 32.9 Å². The Morgan fingerprint density at radius 2 is 1.81 bits per heavy atom. The number of primary amides is 1. The van der Waals surface area contributed by atoms with E-state index >= 15 is 0 Å². The Bertz CT molecular complexity index is 396. The molecular formula is C8H12N4O4. The summed E-state index contributed by atoms with van der Waals surface area (Å²) in [7, 11) is 0. The lowest BCUT2D eigenvalue weighted by molar-refractivity contribution is 0.148. The highest BCUT2D eigenvalue weighted by molar-refractivity contribution is 5.65. The fraction of sp³-hybridized carbons (Fsp3) is 0.125. The molecule has 8 heteroatoms. The van der Waals surface area contributed by atoms with Crippen LogP contribution in [-0.4, -0.2) is 6.09 Å². The zero-order valence-electron chi connectivity index (χ0n) is 8.30. The van der Waals surface area contributed by atoms with Crippen molar-refractivity contribution in [3.63, 3.8) is 0 Å². The minimum Gasteiger partial charge on any atom is -0.445 e. The number of hydrogen-bond acceptors (Lipinski definition) is 7. The molecule has 0 unspecified atom stereocenters. The normalized spacial score (nSPS) is 9.62. The van der Waals surface area contributed by atoms with Crippen LogP contribution in [-0.2, 0) is 11.3 Å². The standard InChI is InChI=1S/C8H12N4O4/c9-5-2-6(15-11)4(1-7(5)16-12)3-14-8(10)13/h1-2H,3,9,11-12H2,(H2,10,13). The van der Waals surface area contributed by atoms with Crippen LogP contribution in [0.2, 0.25) is 0 Å². The summed E-state index contributed by atoms with van der Waals surface area (Å²) in [5.74, 6) is 10.4. The molecule has 0 heterocycles. The maximum atomic E-state index is 10.4. The van der Waals surface area contributed by atoms with E-state index < -0.39 is 6.09 Å². The van der Waals surface area contributed by atoms with Crippen LogP contribution in [0.15, 0.2) is 12.1 Å². The van der Waals surface area contributed by atoms with Crippen molar-refractivity contribution < 1.29 is 19.2 Å². The van der Waals surface area contributed by atoms with Crippen LogP contribution in [0.25, 0.3) is 0 Å². The maximum Gasteiger partial charge on any atom is 0.404 e. The Kier molecular flexibility index (Phi) is 3.75. The van der Waals surface area contributed by atoms with Crippen molar-refractivity contribution >= 4 is 11.8 Å². The molecule has 1 aromatic carbocycles. The molecule has 8 N–H and O–H groups in total. The minimum atomic E-state index is -0.921. The van der Waals surface area contributed by atoms with Gasteiger partial charge in [0.25, 0.3) is 0 Å². The van der Waals surface area contributed by atoms with E-state index in [1.54, 1.807) is 0 Å². The van der Waals surface area contributed by atoms with Gasteiger partial charge in [0.05, 0.1) is 5.69 Å². The third-order valence-electron chi connectivity index (χ3n) is 1.82. The molecule has 1 rings (SSSR count). The second kappa shape index (κ2) is 5.05. The van der Waals surface area contributed by atoms with Crippen molar-refractivity contribution in [2.45, 2.75) is 6.61 Å². The highest BCUT2D eigenvalue weighted by atomic mass is 16.6. The van der Waals surface area contributed by atoms with Gasteiger partial charge in [0.15, 0.2) is 11.5 Å². The van der Waals surface area contributed by atoms with E-state index in [0.29, 0.717) is 5.56 Å². The lowest BCUT2D eigenvalue weighted by Gasteiger charge is -2.11. The minimum absolute atomic E-state index is 0.126. The number of carbonyl (C=O) groups excluding carboxylic acids is 1. The summed E-state index contributed by atoms with van der Waals surface area (Å²) in [5, 5.41) is 0. The fourth-order valence-corrected chi connectivity index (χ4v) is 1.09. The molecule has 1 amide bonds. The number of benzene rings is 1. The Labute approximate surface area is 90.9 Å². The molecule has 0 aliphatic heterocycles. The molecule has 0 bridgehead atoms. The summed E-state index contributed by atoms with van der Waals surface area (Å²) in [4.78, 5) is 19.5. The van der Waals surface area contributed by atoms with Crippen molar-refractivity contribution in [2.75, 3.05) is 5.73 Å². The molecule has 88 valence electrons. The highest BCUT2D eigenvalue weighted by Gasteiger charge is 2.11. The first kappa shape index (κ1) is 11.9. The van der Waals surface area contributed by atoms with Crippen molar-refractivity contribution in [1.29, 1.82) is 0 Å². The SMILES string of the molecule is NOc1cc(COC(N)=O)c(ON)cc1N. The Morgan fingerprint density at radius 3 is 2.31 bits per heavy atom. The van der Waals surface area contributed by atoms with Crippen molar-refractivity contribution in [2.24, 2.45) is 17.5 Å². The summed E-state index contributed by atoms with van der Waals surface area (Å²) < 4.78 is 4.58. The fourth-order valence-electron chi connectivity index (χ4n) is 1.09. The van der Waals surface area contributed by atoms with E-state index in [2.05, 4.69) is 14.4 Å². The molecule has 0 aliphatic rings. The zero-order valence-corrected chi connectivity index (χ0v) is 8.30. The summed E-state index contributed by atoms with van der Waals surface area (Å²) >= 11 is 0. The molecular weight excluding hydrogens is 216 g/mol. The Balaban J connectivity index is 2.99. The first-order chi connectivity index (χ1) is 7.58. The van der Waals surface area contributed by atoms with Crippen LogP contribution in [0, 0.1) is 0 Å². The van der Waals surface area contributed by atoms with E-state index in [-0.39, 0.29) is 23.8 Å². The number of nitrogen functional groups attached to an aromatic ring is 1. The van der Waals surface area contributed by atoms with Crippen molar-refractivity contribution in [3.05, 3.63) is 17.7 Å². The molecule has 8 nitrogen and oxygen atoms in total. The number of anilines is 1. The van der Waals surface area contributed by atoms with Crippen molar-refractivity contribution in [1.82, 2.24) is 0 Å². The summed E-state index contributed by atoms with van der Waals surface area (Å²) in [6.07, 6.45) is -0.921. The molecule has 0 aromatic heterocycles. The van der Waals surface area contributed by atoms with E-state index in [9.17, 15) is 4.79 Å². The van der Waals surface area contributed by atoms with Gasteiger partial charge >= 0.3 is 6.09 Å². The van der Waals surface area contributed by atoms with E-state index in [0.717, 1.165) is 0 Å². The van der Waals surface area contributed by atoms with E-state index in [4.69, 9.17) is 23.3 Å². The second-order valence-electron chi connectivity index (χ2n) is 2.84. The van der Waals surface area contributed by atoms with Crippen LogP contribution in [0.3, 0.4) is 0 Å². The first-order valence-corrected chi connectivity index (χ1v) is 4.16. The topological polar surface area (TPSA) is 149 Å². The lowest BCUT2D eigenvalue weighted by Crippen LogP contribution is -2.14. The van der Waals surface area contributed by atoms with Crippen LogP contribution >= 0.6 is 0 Å². The molecule has 1 aromatic rings. The van der Waals surface area contributed by atoms with Gasteiger partial charge in [0.1, 0.15) is 6.61 Å². The van der Waals surface area contributed by atoms with Gasteiger partial charge in [0, 0.05) is 11.6 Å². The van der Waals surface area contributed by atoms with Crippen molar-refractivity contribution in [3.8, 4) is 11.5 Å². The Hall–Kier alpha value is -2.19. The molecule has 0 saturated carbocycles. The van der Waals surface area contributed by atoms with E-state index in [1.807, 2.05) is 0 Å². The summed E-state index contributed by atoms with van der Waals surface area (Å²) in [6, 6.07) is 2.82. The highest BCUT2D eigenvalue weighted by Crippen LogP contribution is 2.30. The van der Waals surface area contributed by atoms with Gasteiger partial charge < -0.3 is 25.9 Å². The van der Waals surface area contributed by atoms with Crippen LogP contribution in [0.4, 0.5) is 10.5 Å². The third kappa shape index (κ3) is 2.65. The lowest BCUT2D eigenvalue weighted by atomic mass is 10.2. The summed E-state index contributed by atoms with van der Waals surface area (Å²) in [6.45, 7) is -0.126. The molecule has 0 radical (unpaired) electrons.